The van der Waals surface area contributed by atoms with Crippen molar-refractivity contribution in [2.75, 3.05) is 9.80 Å². The first-order valence-electron chi connectivity index (χ1n) is 28.5. The van der Waals surface area contributed by atoms with Gasteiger partial charge in [-0.25, -0.2) is 0 Å². The molecule has 0 amide bonds. The second kappa shape index (κ2) is 18.9. The first kappa shape index (κ1) is 47.9. The Bertz CT molecular complexity index is 5690. The Labute approximate surface area is 499 Å². The van der Waals surface area contributed by atoms with Crippen molar-refractivity contribution >= 4 is 192 Å². The standard InChI is InChI=1S/C78H46N2S4/c1-3-18-51(19-4-1)79(53-31-28-49(29-32-53)58-25-12-16-47-14-7-9-23-57(47)58)55-33-36-67-71(45-55)81-70-43-41-66-64-39-38-61-59(26-13-27-62(61)76(64)84-78(66)74(67)70)50-17-11-22-54(44-50)80(52-20-5-2-6-21-52)56-34-37-68-72(46-56)82-69-42-40-65-63-35-30-48-15-8-10-24-60(48)75(63)83-77(65)73(68)69/h1-46H. The monoisotopic (exact) mass is 1140 g/mol. The lowest BCUT2D eigenvalue weighted by Crippen LogP contribution is -2.09. The lowest BCUT2D eigenvalue weighted by molar-refractivity contribution is 1.29. The zero-order valence-corrected chi connectivity index (χ0v) is 48.4. The molecule has 18 rings (SSSR count). The number of rotatable bonds is 8. The maximum Gasteiger partial charge on any atom is 0.0476 e. The molecule has 0 unspecified atom stereocenters. The van der Waals surface area contributed by atoms with Crippen molar-refractivity contribution in [3.05, 3.63) is 279 Å². The van der Waals surface area contributed by atoms with Crippen molar-refractivity contribution in [2.45, 2.75) is 0 Å². The molecule has 392 valence electrons. The molecular weight excluding hydrogens is 1090 g/mol. The van der Waals surface area contributed by atoms with Gasteiger partial charge >= 0.3 is 0 Å². The van der Waals surface area contributed by atoms with Crippen LogP contribution in [-0.4, -0.2) is 0 Å². The third-order valence-electron chi connectivity index (χ3n) is 17.2. The normalized spacial score (nSPS) is 12.0. The maximum atomic E-state index is 2.42. The number of hydrogen-bond donors (Lipinski definition) is 0. The number of nitrogens with zero attached hydrogens (tertiary/aromatic N) is 2. The van der Waals surface area contributed by atoms with E-state index in [9.17, 15) is 0 Å². The highest BCUT2D eigenvalue weighted by Crippen LogP contribution is 2.51. The quantitative estimate of drug-likeness (QED) is 0.150. The molecule has 0 aliphatic heterocycles. The van der Waals surface area contributed by atoms with Crippen LogP contribution in [-0.2, 0) is 0 Å². The van der Waals surface area contributed by atoms with E-state index in [-0.39, 0.29) is 0 Å². The highest BCUT2D eigenvalue weighted by Gasteiger charge is 2.22. The summed E-state index contributed by atoms with van der Waals surface area (Å²) in [6.45, 7) is 0. The van der Waals surface area contributed by atoms with Crippen molar-refractivity contribution in [1.29, 1.82) is 0 Å². The van der Waals surface area contributed by atoms with Crippen LogP contribution in [0.1, 0.15) is 0 Å². The molecule has 18 aromatic rings. The van der Waals surface area contributed by atoms with Crippen molar-refractivity contribution < 1.29 is 0 Å². The van der Waals surface area contributed by atoms with E-state index in [0.717, 1.165) is 34.1 Å². The van der Waals surface area contributed by atoms with E-state index in [2.05, 4.69) is 289 Å². The summed E-state index contributed by atoms with van der Waals surface area (Å²) >= 11 is 7.68. The van der Waals surface area contributed by atoms with E-state index < -0.39 is 0 Å². The van der Waals surface area contributed by atoms with Gasteiger partial charge in [0.05, 0.1) is 0 Å². The summed E-state index contributed by atoms with van der Waals surface area (Å²) in [5, 5.41) is 18.3. The van der Waals surface area contributed by atoms with E-state index in [1.165, 1.54) is 135 Å². The Morgan fingerprint density at radius 3 is 1.26 bits per heavy atom. The zero-order chi connectivity index (χ0) is 55.0. The largest absolute Gasteiger partial charge is 0.310 e. The van der Waals surface area contributed by atoms with E-state index >= 15 is 0 Å². The molecule has 0 aliphatic carbocycles. The molecule has 0 atom stereocenters. The average molecular weight is 1140 g/mol. The van der Waals surface area contributed by atoms with E-state index in [0.29, 0.717) is 0 Å². The number of fused-ring (bicyclic) bond motifs is 19. The van der Waals surface area contributed by atoms with Crippen molar-refractivity contribution in [3.8, 4) is 22.3 Å². The Morgan fingerprint density at radius 2 is 0.607 bits per heavy atom. The molecular formula is C78H46N2S4. The minimum absolute atomic E-state index is 1.12. The second-order valence-electron chi connectivity index (χ2n) is 21.9. The summed E-state index contributed by atoms with van der Waals surface area (Å²) in [5.74, 6) is 0. The molecule has 2 nitrogen and oxygen atoms in total. The highest BCUT2D eigenvalue weighted by atomic mass is 32.1. The van der Waals surface area contributed by atoms with Crippen LogP contribution < -0.4 is 9.80 Å². The SMILES string of the molecule is c1ccc(N(c2cccc(-c3cccc4c3ccc3c5ccc6sc7cc(N(c8ccccc8)c8ccc(-c9cccc%10ccccc9%10)cc8)ccc7c6c5sc43)c2)c2ccc3c(c2)sc2ccc4c5ccc6ccccc6c5sc4c23)cc1. The van der Waals surface area contributed by atoms with E-state index in [1.807, 2.05) is 45.3 Å². The minimum atomic E-state index is 1.12. The smallest absolute Gasteiger partial charge is 0.0476 e. The fourth-order valence-corrected chi connectivity index (χ4v) is 18.6. The summed E-state index contributed by atoms with van der Waals surface area (Å²) in [6, 6.07) is 104. The fraction of sp³-hybridized carbons (Fsp3) is 0. The van der Waals surface area contributed by atoms with Gasteiger partial charge in [-0.1, -0.05) is 194 Å². The van der Waals surface area contributed by atoms with Crippen LogP contribution in [0.5, 0.6) is 0 Å². The number of hydrogen-bond acceptors (Lipinski definition) is 6. The van der Waals surface area contributed by atoms with Crippen LogP contribution in [0.25, 0.3) is 135 Å². The number of anilines is 6. The molecule has 14 aromatic carbocycles. The Kier molecular flexibility index (Phi) is 10.8. The van der Waals surface area contributed by atoms with Gasteiger partial charge in [-0.15, -0.1) is 45.3 Å². The van der Waals surface area contributed by atoms with Gasteiger partial charge in [-0.3, -0.25) is 0 Å². The molecule has 0 saturated carbocycles. The number of para-hydroxylation sites is 2. The van der Waals surface area contributed by atoms with Gasteiger partial charge in [0.15, 0.2) is 0 Å². The predicted octanol–water partition coefficient (Wildman–Crippen LogP) is 24.9. The van der Waals surface area contributed by atoms with Crippen molar-refractivity contribution in [2.24, 2.45) is 0 Å². The molecule has 84 heavy (non-hydrogen) atoms. The molecule has 0 aliphatic rings. The predicted molar refractivity (Wildman–Crippen MR) is 371 cm³/mol. The van der Waals surface area contributed by atoms with Gasteiger partial charge in [-0.05, 0) is 134 Å². The maximum absolute atomic E-state index is 2.42. The molecule has 4 heterocycles. The van der Waals surface area contributed by atoms with Crippen LogP contribution in [0.4, 0.5) is 34.1 Å². The summed E-state index contributed by atoms with van der Waals surface area (Å²) in [4.78, 5) is 4.81. The molecule has 4 aromatic heterocycles. The summed E-state index contributed by atoms with van der Waals surface area (Å²) in [7, 11) is 0. The van der Waals surface area contributed by atoms with E-state index in [4.69, 9.17) is 0 Å². The second-order valence-corrected chi connectivity index (χ2v) is 26.1. The number of benzene rings is 14. The molecule has 0 saturated heterocycles. The molecule has 0 radical (unpaired) electrons. The van der Waals surface area contributed by atoms with Crippen LogP contribution >= 0.6 is 45.3 Å². The Balaban J connectivity index is 0.717. The highest BCUT2D eigenvalue weighted by molar-refractivity contribution is 7.31. The van der Waals surface area contributed by atoms with Crippen LogP contribution in [0.2, 0.25) is 0 Å². The first-order chi connectivity index (χ1) is 41.6. The van der Waals surface area contributed by atoms with Gasteiger partial charge in [0, 0.05) is 120 Å². The Morgan fingerprint density at radius 1 is 0.202 bits per heavy atom. The Hall–Kier alpha value is -9.66. The van der Waals surface area contributed by atoms with Crippen LogP contribution in [0.3, 0.4) is 0 Å². The number of thiophene rings is 4. The van der Waals surface area contributed by atoms with Crippen molar-refractivity contribution in [3.63, 3.8) is 0 Å². The zero-order valence-electron chi connectivity index (χ0n) is 45.1. The van der Waals surface area contributed by atoms with Gasteiger partial charge < -0.3 is 9.80 Å². The van der Waals surface area contributed by atoms with Crippen LogP contribution in [0, 0.1) is 0 Å². The van der Waals surface area contributed by atoms with Gasteiger partial charge in [0.1, 0.15) is 0 Å². The van der Waals surface area contributed by atoms with Crippen molar-refractivity contribution in [1.82, 2.24) is 0 Å². The third kappa shape index (κ3) is 7.45. The third-order valence-corrected chi connectivity index (χ3v) is 22.0. The molecule has 0 N–H and O–H groups in total. The molecule has 6 heteroatoms. The summed E-state index contributed by atoms with van der Waals surface area (Å²) in [6.07, 6.45) is 0. The van der Waals surface area contributed by atoms with Gasteiger partial charge in [-0.2, -0.15) is 0 Å². The fourth-order valence-electron chi connectivity index (χ4n) is 13.4. The van der Waals surface area contributed by atoms with Gasteiger partial charge in [0.25, 0.3) is 0 Å². The lowest BCUT2D eigenvalue weighted by atomic mass is 9.96. The topological polar surface area (TPSA) is 6.48 Å². The van der Waals surface area contributed by atoms with Crippen LogP contribution in [0.15, 0.2) is 279 Å². The minimum Gasteiger partial charge on any atom is -0.310 e. The summed E-state index contributed by atoms with van der Waals surface area (Å²) in [5.41, 5.74) is 11.6. The molecule has 0 spiro atoms. The lowest BCUT2D eigenvalue weighted by Gasteiger charge is -2.26. The first-order valence-corrected chi connectivity index (χ1v) is 31.7. The molecule has 0 fully saturated rings. The average Bonchev–Trinajstić information content (AvgIpc) is 2.78. The van der Waals surface area contributed by atoms with E-state index in [1.54, 1.807) is 0 Å². The molecule has 0 bridgehead atoms. The summed E-state index contributed by atoms with van der Waals surface area (Å²) < 4.78 is 10.6. The van der Waals surface area contributed by atoms with Gasteiger partial charge in [0.2, 0.25) is 0 Å².